The fourth-order valence-corrected chi connectivity index (χ4v) is 1.86. The van der Waals surface area contributed by atoms with Crippen LogP contribution in [0.1, 0.15) is 25.7 Å². The van der Waals surface area contributed by atoms with Crippen LogP contribution in [0.25, 0.3) is 0 Å². The van der Waals surface area contributed by atoms with Crippen LogP contribution in [0.5, 0.6) is 0 Å². The SMILES string of the molecule is NCCCCCCNc1ccc(B(O)O)cc1[N+](=O)[O-]. The highest BCUT2D eigenvalue weighted by molar-refractivity contribution is 6.58. The Morgan fingerprint density at radius 2 is 1.95 bits per heavy atom. The minimum absolute atomic E-state index is 0.102. The van der Waals surface area contributed by atoms with Crippen LogP contribution in [-0.2, 0) is 0 Å². The zero-order chi connectivity index (χ0) is 15.0. The van der Waals surface area contributed by atoms with Crippen LogP contribution >= 0.6 is 0 Å². The Morgan fingerprint density at radius 1 is 1.25 bits per heavy atom. The summed E-state index contributed by atoms with van der Waals surface area (Å²) < 4.78 is 0. The first-order chi connectivity index (χ1) is 9.56. The van der Waals surface area contributed by atoms with Gasteiger partial charge in [-0.2, -0.15) is 0 Å². The molecule has 0 saturated heterocycles. The molecule has 8 heteroatoms. The van der Waals surface area contributed by atoms with Gasteiger partial charge in [0, 0.05) is 12.6 Å². The fraction of sp³-hybridized carbons (Fsp3) is 0.500. The van der Waals surface area contributed by atoms with Gasteiger partial charge in [-0.05, 0) is 30.9 Å². The lowest BCUT2D eigenvalue weighted by atomic mass is 9.80. The molecule has 1 rings (SSSR count). The standard InChI is InChI=1S/C12H20BN3O4/c14-7-3-1-2-4-8-15-11-6-5-10(13(17)18)9-12(11)16(19)20/h5-6,9,15,17-18H,1-4,7-8,14H2. The third-order valence-electron chi connectivity index (χ3n) is 2.96. The summed E-state index contributed by atoms with van der Waals surface area (Å²) in [6.07, 6.45) is 3.96. The van der Waals surface area contributed by atoms with E-state index in [0.717, 1.165) is 25.7 Å². The quantitative estimate of drug-likeness (QED) is 0.222. The van der Waals surface area contributed by atoms with Gasteiger partial charge in [0.25, 0.3) is 5.69 Å². The molecule has 7 nitrogen and oxygen atoms in total. The molecule has 0 atom stereocenters. The van der Waals surface area contributed by atoms with Gasteiger partial charge in [0.05, 0.1) is 4.92 Å². The van der Waals surface area contributed by atoms with E-state index in [1.54, 1.807) is 0 Å². The van der Waals surface area contributed by atoms with E-state index in [1.807, 2.05) is 0 Å². The van der Waals surface area contributed by atoms with Gasteiger partial charge < -0.3 is 21.1 Å². The van der Waals surface area contributed by atoms with Crippen molar-refractivity contribution in [2.24, 2.45) is 5.73 Å². The van der Waals surface area contributed by atoms with E-state index in [9.17, 15) is 10.1 Å². The molecule has 1 aromatic rings. The van der Waals surface area contributed by atoms with Crippen molar-refractivity contribution in [2.75, 3.05) is 18.4 Å². The van der Waals surface area contributed by atoms with Crippen LogP contribution in [-0.4, -0.2) is 35.2 Å². The number of nitrogens with zero attached hydrogens (tertiary/aromatic N) is 1. The molecule has 0 aliphatic rings. The zero-order valence-electron chi connectivity index (χ0n) is 11.3. The van der Waals surface area contributed by atoms with Gasteiger partial charge in [-0.1, -0.05) is 18.9 Å². The molecule has 0 bridgehead atoms. The molecule has 1 aromatic carbocycles. The second-order valence-corrected chi connectivity index (χ2v) is 4.54. The smallest absolute Gasteiger partial charge is 0.423 e. The molecule has 0 aliphatic heterocycles. The lowest BCUT2D eigenvalue weighted by Crippen LogP contribution is -2.30. The molecule has 0 spiro atoms. The van der Waals surface area contributed by atoms with Gasteiger partial charge in [-0.15, -0.1) is 0 Å². The molecule has 20 heavy (non-hydrogen) atoms. The summed E-state index contributed by atoms with van der Waals surface area (Å²) in [5, 5.41) is 32.0. The number of hydrogen-bond donors (Lipinski definition) is 4. The molecule has 0 amide bonds. The van der Waals surface area contributed by atoms with Crippen LogP contribution < -0.4 is 16.5 Å². The van der Waals surface area contributed by atoms with E-state index in [4.69, 9.17) is 15.8 Å². The number of rotatable bonds is 9. The van der Waals surface area contributed by atoms with E-state index in [1.165, 1.54) is 18.2 Å². The average Bonchev–Trinajstić information content (AvgIpc) is 2.42. The first kappa shape index (κ1) is 16.4. The van der Waals surface area contributed by atoms with Crippen molar-refractivity contribution in [1.82, 2.24) is 0 Å². The molecular weight excluding hydrogens is 261 g/mol. The summed E-state index contributed by atoms with van der Waals surface area (Å²) in [5.74, 6) is 0. The topological polar surface area (TPSA) is 122 Å². The van der Waals surface area contributed by atoms with E-state index in [2.05, 4.69) is 5.32 Å². The normalized spacial score (nSPS) is 10.3. The first-order valence-corrected chi connectivity index (χ1v) is 6.64. The molecule has 0 unspecified atom stereocenters. The predicted octanol–water partition coefficient (Wildman–Crippen LogP) is 0.206. The molecule has 0 saturated carbocycles. The van der Waals surface area contributed by atoms with Crippen LogP contribution in [0.4, 0.5) is 11.4 Å². The van der Waals surface area contributed by atoms with Crippen molar-refractivity contribution in [1.29, 1.82) is 0 Å². The first-order valence-electron chi connectivity index (χ1n) is 6.64. The van der Waals surface area contributed by atoms with Crippen LogP contribution in [0.15, 0.2) is 18.2 Å². The van der Waals surface area contributed by atoms with E-state index >= 15 is 0 Å². The summed E-state index contributed by atoms with van der Waals surface area (Å²) in [5.41, 5.74) is 5.73. The van der Waals surface area contributed by atoms with Gasteiger partial charge in [0.15, 0.2) is 0 Å². The summed E-state index contributed by atoms with van der Waals surface area (Å²) in [4.78, 5) is 10.4. The third-order valence-corrected chi connectivity index (χ3v) is 2.96. The Kier molecular flexibility index (Phi) is 6.99. The number of unbranched alkanes of at least 4 members (excludes halogenated alkanes) is 3. The summed E-state index contributed by atoms with van der Waals surface area (Å²) in [6.45, 7) is 1.32. The molecule has 0 radical (unpaired) electrons. The minimum Gasteiger partial charge on any atom is -0.423 e. The Morgan fingerprint density at radius 3 is 2.55 bits per heavy atom. The number of hydrogen-bond acceptors (Lipinski definition) is 6. The predicted molar refractivity (Wildman–Crippen MR) is 78.9 cm³/mol. The van der Waals surface area contributed by atoms with Gasteiger partial charge in [-0.25, -0.2) is 0 Å². The van der Waals surface area contributed by atoms with Gasteiger partial charge in [0.1, 0.15) is 5.69 Å². The molecule has 0 fully saturated rings. The number of benzene rings is 1. The number of nitro groups is 1. The molecular formula is C12H20BN3O4. The van der Waals surface area contributed by atoms with Crippen molar-refractivity contribution >= 4 is 24.0 Å². The largest absolute Gasteiger partial charge is 0.488 e. The molecule has 110 valence electrons. The average molecular weight is 281 g/mol. The van der Waals surface area contributed by atoms with Crippen LogP contribution in [0, 0.1) is 10.1 Å². The number of anilines is 1. The lowest BCUT2D eigenvalue weighted by Gasteiger charge is -2.08. The molecule has 0 aliphatic carbocycles. The van der Waals surface area contributed by atoms with Crippen LogP contribution in [0.3, 0.4) is 0 Å². The monoisotopic (exact) mass is 281 g/mol. The Balaban J connectivity index is 2.58. The van der Waals surface area contributed by atoms with E-state index in [0.29, 0.717) is 18.8 Å². The third kappa shape index (κ3) is 5.16. The van der Waals surface area contributed by atoms with Gasteiger partial charge in [-0.3, -0.25) is 10.1 Å². The van der Waals surface area contributed by atoms with Crippen molar-refractivity contribution in [3.05, 3.63) is 28.3 Å². The van der Waals surface area contributed by atoms with Gasteiger partial charge >= 0.3 is 7.12 Å². The van der Waals surface area contributed by atoms with Crippen molar-refractivity contribution < 1.29 is 15.0 Å². The summed E-state index contributed by atoms with van der Waals surface area (Å²) >= 11 is 0. The maximum absolute atomic E-state index is 11.0. The lowest BCUT2D eigenvalue weighted by molar-refractivity contribution is -0.383. The summed E-state index contributed by atoms with van der Waals surface area (Å²) in [7, 11) is -1.71. The highest BCUT2D eigenvalue weighted by atomic mass is 16.6. The van der Waals surface area contributed by atoms with Crippen molar-refractivity contribution in [2.45, 2.75) is 25.7 Å². The minimum atomic E-state index is -1.71. The highest BCUT2D eigenvalue weighted by Crippen LogP contribution is 2.22. The van der Waals surface area contributed by atoms with Crippen LogP contribution in [0.2, 0.25) is 0 Å². The highest BCUT2D eigenvalue weighted by Gasteiger charge is 2.19. The fourth-order valence-electron chi connectivity index (χ4n) is 1.86. The number of nitro benzene ring substituents is 1. The van der Waals surface area contributed by atoms with Gasteiger partial charge in [0.2, 0.25) is 0 Å². The van der Waals surface area contributed by atoms with Crippen molar-refractivity contribution in [3.8, 4) is 0 Å². The van der Waals surface area contributed by atoms with E-state index < -0.39 is 12.0 Å². The Labute approximate surface area is 118 Å². The Bertz CT molecular complexity index is 443. The maximum Gasteiger partial charge on any atom is 0.488 e. The Hall–Kier alpha value is -1.64. The molecule has 0 heterocycles. The van der Waals surface area contributed by atoms with E-state index in [-0.39, 0.29) is 11.2 Å². The number of nitrogens with two attached hydrogens (primary N) is 1. The molecule has 0 aromatic heterocycles. The zero-order valence-corrected chi connectivity index (χ0v) is 11.3. The number of nitrogens with one attached hydrogen (secondary N) is 1. The second-order valence-electron chi connectivity index (χ2n) is 4.54. The maximum atomic E-state index is 11.0. The van der Waals surface area contributed by atoms with Crippen molar-refractivity contribution in [3.63, 3.8) is 0 Å². The summed E-state index contributed by atoms with van der Waals surface area (Å²) in [6, 6.07) is 4.11. The molecule has 5 N–H and O–H groups in total. The second kappa shape index (κ2) is 8.52.